The first-order chi connectivity index (χ1) is 15.1. The predicted octanol–water partition coefficient (Wildman–Crippen LogP) is 2.41. The summed E-state index contributed by atoms with van der Waals surface area (Å²) >= 11 is 0. The topological polar surface area (TPSA) is 59.8 Å². The van der Waals surface area contributed by atoms with Gasteiger partial charge < -0.3 is 15.0 Å². The number of ketones is 1. The number of quaternary nitrogens is 1. The van der Waals surface area contributed by atoms with Crippen molar-refractivity contribution in [2.24, 2.45) is 5.41 Å². The minimum atomic E-state index is -1.06. The van der Waals surface area contributed by atoms with Gasteiger partial charge in [0.1, 0.15) is 17.8 Å². The molecule has 1 fully saturated rings. The van der Waals surface area contributed by atoms with Crippen molar-refractivity contribution in [1.82, 2.24) is 0 Å². The standard InChI is InChI=1S/C26H22N2O3/c1-28-15-20(17-9-3-2-4-10-17)25(16-31-22-14-8-5-11-18(22)23(25)29)26(28)19-12-6-7-13-21(19)27-24(26)30/h2-14,20H,15-16H2,1H3,(H,27,30)/p+1/t20-,25+,26+/m1/s1. The highest BCUT2D eigenvalue weighted by atomic mass is 16.5. The molecule has 31 heavy (non-hydrogen) atoms. The highest BCUT2D eigenvalue weighted by Gasteiger charge is 2.78. The van der Waals surface area contributed by atoms with E-state index in [1.807, 2.05) is 73.8 Å². The Morgan fingerprint density at radius 2 is 1.65 bits per heavy atom. The van der Waals surface area contributed by atoms with Gasteiger partial charge in [-0.25, -0.2) is 0 Å². The zero-order chi connectivity index (χ0) is 21.2. The molecule has 0 radical (unpaired) electrons. The number of likely N-dealkylation sites (N-methyl/N-ethyl adjacent to an activating group) is 1. The van der Waals surface area contributed by atoms with Crippen LogP contribution < -0.4 is 15.0 Å². The number of para-hydroxylation sites is 2. The molecule has 2 N–H and O–H groups in total. The van der Waals surface area contributed by atoms with E-state index in [4.69, 9.17) is 4.74 Å². The summed E-state index contributed by atoms with van der Waals surface area (Å²) in [6, 6.07) is 25.2. The second kappa shape index (κ2) is 6.28. The first-order valence-corrected chi connectivity index (χ1v) is 10.7. The smallest absolute Gasteiger partial charge is 0.292 e. The van der Waals surface area contributed by atoms with Gasteiger partial charge in [0.2, 0.25) is 5.54 Å². The van der Waals surface area contributed by atoms with E-state index in [1.165, 1.54) is 0 Å². The Morgan fingerprint density at radius 1 is 0.935 bits per heavy atom. The molecule has 1 amide bonds. The molecule has 5 nitrogen and oxygen atoms in total. The monoisotopic (exact) mass is 411 g/mol. The van der Waals surface area contributed by atoms with Crippen LogP contribution in [0.5, 0.6) is 5.75 Å². The zero-order valence-corrected chi connectivity index (χ0v) is 17.2. The van der Waals surface area contributed by atoms with Crippen molar-refractivity contribution in [2.75, 3.05) is 25.5 Å². The molecular weight excluding hydrogens is 388 g/mol. The van der Waals surface area contributed by atoms with Crippen molar-refractivity contribution in [3.63, 3.8) is 0 Å². The van der Waals surface area contributed by atoms with Crippen molar-refractivity contribution in [1.29, 1.82) is 0 Å². The van der Waals surface area contributed by atoms with Crippen LogP contribution in [0.3, 0.4) is 0 Å². The SMILES string of the molecule is C[NH+]1C[C@H](c2ccccc2)[C@]2(COc3ccccc3C2=O)[C@]12C(=O)Nc1ccccc12. The van der Waals surface area contributed by atoms with Gasteiger partial charge in [0, 0.05) is 5.56 Å². The molecule has 4 atom stereocenters. The quantitative estimate of drug-likeness (QED) is 0.647. The van der Waals surface area contributed by atoms with Crippen LogP contribution in [0.4, 0.5) is 5.69 Å². The molecule has 3 aliphatic rings. The third-order valence-corrected chi connectivity index (χ3v) is 7.53. The Bertz CT molecular complexity index is 1220. The predicted molar refractivity (Wildman–Crippen MR) is 116 cm³/mol. The number of carbonyl (C=O) groups excluding carboxylic acids is 2. The molecule has 2 spiro atoms. The van der Waals surface area contributed by atoms with Crippen LogP contribution in [0.15, 0.2) is 78.9 Å². The van der Waals surface area contributed by atoms with Gasteiger partial charge in [0.05, 0.1) is 30.8 Å². The Morgan fingerprint density at radius 3 is 2.48 bits per heavy atom. The number of rotatable bonds is 1. The lowest BCUT2D eigenvalue weighted by Gasteiger charge is -2.44. The molecule has 3 aromatic rings. The third-order valence-electron chi connectivity index (χ3n) is 7.53. The third kappa shape index (κ3) is 2.09. The van der Waals surface area contributed by atoms with E-state index >= 15 is 0 Å². The maximum Gasteiger partial charge on any atom is 0.292 e. The highest BCUT2D eigenvalue weighted by molar-refractivity contribution is 6.14. The first-order valence-electron chi connectivity index (χ1n) is 10.7. The van der Waals surface area contributed by atoms with E-state index in [9.17, 15) is 9.59 Å². The number of carbonyl (C=O) groups is 2. The fraction of sp³-hybridized carbons (Fsp3) is 0.231. The fourth-order valence-electron chi connectivity index (χ4n) is 6.30. The van der Waals surface area contributed by atoms with Gasteiger partial charge in [0.25, 0.3) is 5.91 Å². The van der Waals surface area contributed by atoms with E-state index < -0.39 is 11.0 Å². The van der Waals surface area contributed by atoms with Gasteiger partial charge >= 0.3 is 0 Å². The molecule has 5 heteroatoms. The van der Waals surface area contributed by atoms with Crippen molar-refractivity contribution in [3.05, 3.63) is 95.6 Å². The molecule has 0 bridgehead atoms. The fourth-order valence-corrected chi connectivity index (χ4v) is 6.30. The number of likely N-dealkylation sites (tertiary alicyclic amines) is 1. The number of anilines is 1. The Labute approximate surface area is 180 Å². The summed E-state index contributed by atoms with van der Waals surface area (Å²) in [5, 5.41) is 3.08. The van der Waals surface area contributed by atoms with Crippen molar-refractivity contribution >= 4 is 17.4 Å². The summed E-state index contributed by atoms with van der Waals surface area (Å²) in [6.45, 7) is 0.824. The molecule has 1 unspecified atom stereocenters. The lowest BCUT2D eigenvalue weighted by molar-refractivity contribution is -0.920. The molecule has 0 saturated carbocycles. The van der Waals surface area contributed by atoms with Gasteiger partial charge in [0.15, 0.2) is 5.78 Å². The summed E-state index contributed by atoms with van der Waals surface area (Å²) in [5.74, 6) is 0.302. The van der Waals surface area contributed by atoms with E-state index in [0.717, 1.165) is 21.7 Å². The molecule has 0 aromatic heterocycles. The average molecular weight is 411 g/mol. The van der Waals surface area contributed by atoms with Crippen molar-refractivity contribution < 1.29 is 19.2 Å². The van der Waals surface area contributed by atoms with Crippen molar-refractivity contribution in [2.45, 2.75) is 11.5 Å². The van der Waals surface area contributed by atoms with Gasteiger partial charge in [-0.1, -0.05) is 60.7 Å². The van der Waals surface area contributed by atoms with Crippen LogP contribution in [0, 0.1) is 5.41 Å². The Kier molecular flexibility index (Phi) is 3.72. The van der Waals surface area contributed by atoms with Crippen molar-refractivity contribution in [3.8, 4) is 5.75 Å². The minimum Gasteiger partial charge on any atom is -0.491 e. The number of benzene rings is 3. The largest absolute Gasteiger partial charge is 0.491 e. The molecular formula is C26H23N2O3+. The summed E-state index contributed by atoms with van der Waals surface area (Å²) in [4.78, 5) is 29.3. The Balaban J connectivity index is 1.68. The molecule has 1 saturated heterocycles. The van der Waals surface area contributed by atoms with Crippen LogP contribution in [-0.2, 0) is 10.3 Å². The maximum absolute atomic E-state index is 14.4. The molecule has 3 aromatic carbocycles. The zero-order valence-electron chi connectivity index (χ0n) is 17.2. The maximum atomic E-state index is 14.4. The second-order valence-electron chi connectivity index (χ2n) is 8.78. The summed E-state index contributed by atoms with van der Waals surface area (Å²) in [7, 11) is 2.03. The lowest BCUT2D eigenvalue weighted by Crippen LogP contribution is -3.16. The van der Waals surface area contributed by atoms with Crippen LogP contribution in [0.1, 0.15) is 27.4 Å². The number of nitrogens with one attached hydrogen (secondary N) is 2. The average Bonchev–Trinajstić information content (AvgIpc) is 3.25. The summed E-state index contributed by atoms with van der Waals surface area (Å²) in [6.07, 6.45) is 0. The van der Waals surface area contributed by atoms with Gasteiger partial charge in [-0.2, -0.15) is 0 Å². The van der Waals surface area contributed by atoms with Crippen LogP contribution in [0.25, 0.3) is 0 Å². The number of hydrogen-bond acceptors (Lipinski definition) is 3. The number of fused-ring (bicyclic) bond motifs is 4. The van der Waals surface area contributed by atoms with E-state index in [2.05, 4.69) is 17.4 Å². The number of hydrogen-bond donors (Lipinski definition) is 2. The minimum absolute atomic E-state index is 0.00749. The summed E-state index contributed by atoms with van der Waals surface area (Å²) in [5.41, 5.74) is 1.17. The van der Waals surface area contributed by atoms with Crippen LogP contribution in [-0.4, -0.2) is 31.9 Å². The second-order valence-corrected chi connectivity index (χ2v) is 8.78. The summed E-state index contributed by atoms with van der Waals surface area (Å²) < 4.78 is 6.27. The van der Waals surface area contributed by atoms with E-state index in [-0.39, 0.29) is 24.2 Å². The van der Waals surface area contributed by atoms with Gasteiger partial charge in [-0.3, -0.25) is 9.59 Å². The molecule has 3 aliphatic heterocycles. The number of amides is 1. The molecule has 3 heterocycles. The normalized spacial score (nSPS) is 30.7. The lowest BCUT2D eigenvalue weighted by atomic mass is 9.57. The van der Waals surface area contributed by atoms with Gasteiger partial charge in [-0.05, 0) is 23.8 Å². The molecule has 154 valence electrons. The highest BCUT2D eigenvalue weighted by Crippen LogP contribution is 2.58. The molecule has 6 rings (SSSR count). The van der Waals surface area contributed by atoms with Crippen LogP contribution in [0.2, 0.25) is 0 Å². The number of ether oxygens (including phenoxy) is 1. The number of Topliss-reactive ketones (excluding diaryl/α,β-unsaturated/α-hetero) is 1. The molecule has 0 aliphatic carbocycles. The van der Waals surface area contributed by atoms with Gasteiger partial charge in [-0.15, -0.1) is 0 Å². The first kappa shape index (κ1) is 18.3. The Hall–Kier alpha value is -3.44. The van der Waals surface area contributed by atoms with Crippen LogP contribution >= 0.6 is 0 Å². The van der Waals surface area contributed by atoms with E-state index in [0.29, 0.717) is 17.9 Å². The van der Waals surface area contributed by atoms with E-state index in [1.54, 1.807) is 0 Å².